The highest BCUT2D eigenvalue weighted by Gasteiger charge is 2.27. The number of nitrogens with zero attached hydrogens (tertiary/aromatic N) is 4. The number of ether oxygens (including phenoxy) is 3. The number of anilines is 2. The van der Waals surface area contributed by atoms with Gasteiger partial charge in [-0.15, -0.1) is 11.8 Å². The lowest BCUT2D eigenvalue weighted by Crippen LogP contribution is -2.47. The number of hydrogen-bond donors (Lipinski definition) is 1. The maximum atomic E-state index is 13.6. The zero-order valence-electron chi connectivity index (χ0n) is 22.4. The fourth-order valence-electron chi connectivity index (χ4n) is 4.81. The molecule has 2 fully saturated rings. The molecule has 0 spiro atoms. The van der Waals surface area contributed by atoms with Gasteiger partial charge in [0.15, 0.2) is 11.5 Å². The maximum absolute atomic E-state index is 13.6. The number of methoxy groups -OCH3 is 1. The number of cyclic esters (lactones) is 1. The van der Waals surface area contributed by atoms with E-state index in [2.05, 4.69) is 25.1 Å². The molecule has 2 saturated heterocycles. The van der Waals surface area contributed by atoms with Crippen molar-refractivity contribution in [3.05, 3.63) is 47.5 Å². The summed E-state index contributed by atoms with van der Waals surface area (Å²) in [5, 5.41) is 3.99. The number of aromatic nitrogens is 2. The number of thioether (sulfide) groups is 1. The van der Waals surface area contributed by atoms with Crippen LogP contribution in [0, 0.1) is 5.82 Å². The third kappa shape index (κ3) is 7.25. The molecule has 2 aliphatic rings. The summed E-state index contributed by atoms with van der Waals surface area (Å²) >= 11 is 7.66. The summed E-state index contributed by atoms with van der Waals surface area (Å²) in [6.45, 7) is 7.17. The van der Waals surface area contributed by atoms with Crippen LogP contribution in [0.1, 0.15) is 12.8 Å². The summed E-state index contributed by atoms with van der Waals surface area (Å²) in [5.41, 5.74) is 1.30. The lowest BCUT2D eigenvalue weighted by Gasteiger charge is -2.34. The SMILES string of the molecule is COc1cc2ncnc(Nc3ccc(F)c(Cl)c3)c2cc1OCCCN1CCN(CCSC2CCOC2=O)CC1. The summed E-state index contributed by atoms with van der Waals surface area (Å²) < 4.78 is 30.3. The molecule has 2 aliphatic heterocycles. The van der Waals surface area contributed by atoms with E-state index in [-0.39, 0.29) is 16.2 Å². The molecule has 40 heavy (non-hydrogen) atoms. The molecule has 1 unspecified atom stereocenters. The molecule has 1 atom stereocenters. The molecule has 12 heteroatoms. The van der Waals surface area contributed by atoms with Gasteiger partial charge in [0, 0.05) is 68.6 Å². The Morgan fingerprint density at radius 2 is 1.93 bits per heavy atom. The van der Waals surface area contributed by atoms with Crippen molar-refractivity contribution in [2.24, 2.45) is 0 Å². The number of halogens is 2. The molecule has 0 bridgehead atoms. The number of fused-ring (bicyclic) bond motifs is 1. The Bertz CT molecular complexity index is 1330. The van der Waals surface area contributed by atoms with Crippen LogP contribution >= 0.6 is 23.4 Å². The number of nitrogens with one attached hydrogen (secondary N) is 1. The van der Waals surface area contributed by atoms with Gasteiger partial charge in [-0.05, 0) is 30.7 Å². The highest BCUT2D eigenvalue weighted by molar-refractivity contribution is 8.00. The van der Waals surface area contributed by atoms with Crippen LogP contribution < -0.4 is 14.8 Å². The van der Waals surface area contributed by atoms with E-state index < -0.39 is 5.82 Å². The Morgan fingerprint density at radius 3 is 2.65 bits per heavy atom. The van der Waals surface area contributed by atoms with Gasteiger partial charge in [0.1, 0.15) is 23.2 Å². The average molecular weight is 590 g/mol. The second kappa shape index (κ2) is 13.7. The van der Waals surface area contributed by atoms with Gasteiger partial charge in [-0.3, -0.25) is 9.69 Å². The molecular weight excluding hydrogens is 557 g/mol. The zero-order chi connectivity index (χ0) is 27.9. The fraction of sp³-hybridized carbons (Fsp3) is 0.464. The minimum absolute atomic E-state index is 0.0202. The van der Waals surface area contributed by atoms with E-state index in [0.717, 1.165) is 63.2 Å². The molecule has 0 aliphatic carbocycles. The van der Waals surface area contributed by atoms with E-state index >= 15 is 0 Å². The quantitative estimate of drug-likeness (QED) is 0.239. The van der Waals surface area contributed by atoms with Gasteiger partial charge < -0.3 is 24.4 Å². The van der Waals surface area contributed by atoms with Gasteiger partial charge in [0.25, 0.3) is 0 Å². The second-order valence-electron chi connectivity index (χ2n) is 9.70. The number of piperazine rings is 1. The maximum Gasteiger partial charge on any atom is 0.319 e. The number of carbonyl (C=O) groups is 1. The smallest absolute Gasteiger partial charge is 0.319 e. The summed E-state index contributed by atoms with van der Waals surface area (Å²) in [6, 6.07) is 8.11. The number of benzene rings is 2. The van der Waals surface area contributed by atoms with Crippen molar-refractivity contribution in [3.8, 4) is 11.5 Å². The number of rotatable bonds is 12. The molecule has 0 saturated carbocycles. The topological polar surface area (TPSA) is 89.1 Å². The third-order valence-corrected chi connectivity index (χ3v) is 8.60. The van der Waals surface area contributed by atoms with Crippen LogP contribution in [0.25, 0.3) is 10.9 Å². The molecule has 2 aromatic carbocycles. The molecule has 0 radical (unpaired) electrons. The van der Waals surface area contributed by atoms with Crippen LogP contribution in [0.4, 0.5) is 15.9 Å². The molecule has 1 aromatic heterocycles. The first-order valence-electron chi connectivity index (χ1n) is 13.4. The molecule has 3 aromatic rings. The Morgan fingerprint density at radius 1 is 1.12 bits per heavy atom. The van der Waals surface area contributed by atoms with Crippen molar-refractivity contribution in [1.82, 2.24) is 19.8 Å². The van der Waals surface area contributed by atoms with Crippen molar-refractivity contribution in [1.29, 1.82) is 0 Å². The van der Waals surface area contributed by atoms with Crippen LogP contribution in [0.2, 0.25) is 5.02 Å². The van der Waals surface area contributed by atoms with Gasteiger partial charge in [0.05, 0.1) is 30.9 Å². The molecule has 1 N–H and O–H groups in total. The Labute approximate surface area is 242 Å². The van der Waals surface area contributed by atoms with Crippen LogP contribution in [0.5, 0.6) is 11.5 Å². The predicted octanol–water partition coefficient (Wildman–Crippen LogP) is 4.61. The van der Waals surface area contributed by atoms with Gasteiger partial charge in [-0.25, -0.2) is 14.4 Å². The number of carbonyl (C=O) groups excluding carboxylic acids is 1. The average Bonchev–Trinajstić information content (AvgIpc) is 3.38. The van der Waals surface area contributed by atoms with Crippen molar-refractivity contribution >= 4 is 51.7 Å². The van der Waals surface area contributed by atoms with Gasteiger partial charge in [0.2, 0.25) is 0 Å². The van der Waals surface area contributed by atoms with Crippen molar-refractivity contribution in [2.75, 3.05) is 70.7 Å². The lowest BCUT2D eigenvalue weighted by atomic mass is 10.2. The highest BCUT2D eigenvalue weighted by atomic mass is 35.5. The Kier molecular flexibility index (Phi) is 9.79. The van der Waals surface area contributed by atoms with E-state index in [1.165, 1.54) is 18.5 Å². The van der Waals surface area contributed by atoms with Crippen LogP contribution in [0.3, 0.4) is 0 Å². The first-order valence-corrected chi connectivity index (χ1v) is 14.8. The summed E-state index contributed by atoms with van der Waals surface area (Å²) in [4.78, 5) is 25.3. The molecule has 3 heterocycles. The van der Waals surface area contributed by atoms with Gasteiger partial charge in [-0.1, -0.05) is 11.6 Å². The fourth-order valence-corrected chi connectivity index (χ4v) is 6.10. The van der Waals surface area contributed by atoms with Crippen LogP contribution in [-0.4, -0.2) is 96.3 Å². The van der Waals surface area contributed by atoms with E-state index in [0.29, 0.717) is 41.7 Å². The normalized spacial score (nSPS) is 18.2. The van der Waals surface area contributed by atoms with Crippen molar-refractivity contribution in [2.45, 2.75) is 18.1 Å². The van der Waals surface area contributed by atoms with Crippen molar-refractivity contribution in [3.63, 3.8) is 0 Å². The molecular formula is C28H33ClFN5O4S. The van der Waals surface area contributed by atoms with Gasteiger partial charge >= 0.3 is 5.97 Å². The van der Waals surface area contributed by atoms with Crippen LogP contribution in [0.15, 0.2) is 36.7 Å². The number of hydrogen-bond acceptors (Lipinski definition) is 10. The molecule has 9 nitrogen and oxygen atoms in total. The highest BCUT2D eigenvalue weighted by Crippen LogP contribution is 2.35. The van der Waals surface area contributed by atoms with Gasteiger partial charge in [-0.2, -0.15) is 0 Å². The van der Waals surface area contributed by atoms with E-state index in [1.807, 2.05) is 12.1 Å². The summed E-state index contributed by atoms with van der Waals surface area (Å²) in [6.07, 6.45) is 3.17. The Hall–Kier alpha value is -2.86. The lowest BCUT2D eigenvalue weighted by molar-refractivity contribution is -0.137. The minimum Gasteiger partial charge on any atom is -0.493 e. The van der Waals surface area contributed by atoms with E-state index in [9.17, 15) is 9.18 Å². The summed E-state index contributed by atoms with van der Waals surface area (Å²) in [5.74, 6) is 2.18. The molecule has 5 rings (SSSR count). The third-order valence-electron chi connectivity index (χ3n) is 7.06. The molecule has 0 amide bonds. The first kappa shape index (κ1) is 28.7. The summed E-state index contributed by atoms with van der Waals surface area (Å²) in [7, 11) is 1.60. The second-order valence-corrected chi connectivity index (χ2v) is 11.4. The first-order chi connectivity index (χ1) is 19.5. The van der Waals surface area contributed by atoms with E-state index in [4.69, 9.17) is 25.8 Å². The minimum atomic E-state index is -0.481. The Balaban J connectivity index is 1.10. The largest absolute Gasteiger partial charge is 0.493 e. The van der Waals surface area contributed by atoms with E-state index in [1.54, 1.807) is 24.9 Å². The predicted molar refractivity (Wildman–Crippen MR) is 156 cm³/mol. The standard InChI is InChI=1S/C28H33ClFN5O4S/c1-37-24-17-23-20(27(32-18-31-23)33-19-3-4-22(30)21(29)15-19)16-25(24)38-12-2-6-34-7-9-35(10-8-34)11-14-40-26-5-13-39-28(26)36/h3-4,15-18,26H,2,5-14H2,1H3,(H,31,32,33). The molecule has 214 valence electrons. The van der Waals surface area contributed by atoms with Crippen LogP contribution in [-0.2, 0) is 9.53 Å². The number of esters is 1. The zero-order valence-corrected chi connectivity index (χ0v) is 24.0. The monoisotopic (exact) mass is 589 g/mol. The van der Waals surface area contributed by atoms with Crippen molar-refractivity contribution < 1.29 is 23.4 Å².